The van der Waals surface area contributed by atoms with E-state index in [2.05, 4.69) is 23.7 Å². The van der Waals surface area contributed by atoms with Crippen molar-refractivity contribution < 1.29 is 14.6 Å². The highest BCUT2D eigenvalue weighted by atomic mass is 35.5. The van der Waals surface area contributed by atoms with Crippen molar-refractivity contribution in [2.45, 2.75) is 19.4 Å². The summed E-state index contributed by atoms with van der Waals surface area (Å²) in [6.45, 7) is 3.26. The third-order valence-electron chi connectivity index (χ3n) is 4.35. The van der Waals surface area contributed by atoms with Crippen LogP contribution in [-0.2, 0) is 11.2 Å². The number of anilines is 1. The monoisotopic (exact) mass is 366 g/mol. The van der Waals surface area contributed by atoms with E-state index in [-0.39, 0.29) is 34.9 Å². The Bertz CT molecular complexity index is 793. The number of halogens is 1. The van der Waals surface area contributed by atoms with Gasteiger partial charge in [0.15, 0.2) is 6.54 Å². The molecule has 2 aromatic rings. The molecule has 1 aromatic heterocycles. The third kappa shape index (κ3) is 3.43. The van der Waals surface area contributed by atoms with Crippen LogP contribution in [0.5, 0.6) is 0 Å². The summed E-state index contributed by atoms with van der Waals surface area (Å²) in [7, 11) is 0. The number of nitro benzene ring substituents is 1. The molecule has 2 atom stereocenters. The Morgan fingerprint density at radius 3 is 3.04 bits per heavy atom. The number of benzene rings is 1. The summed E-state index contributed by atoms with van der Waals surface area (Å²) in [6.07, 6.45) is 0.959. The lowest BCUT2D eigenvalue weighted by molar-refractivity contribution is -0.923. The Balaban J connectivity index is 1.70. The maximum Gasteiger partial charge on any atom is 0.294 e. The fourth-order valence-electron chi connectivity index (χ4n) is 3.05. The van der Waals surface area contributed by atoms with Crippen LogP contribution in [0.2, 0.25) is 5.02 Å². The summed E-state index contributed by atoms with van der Waals surface area (Å²) < 4.78 is 0. The van der Waals surface area contributed by atoms with Gasteiger partial charge in [0.25, 0.3) is 11.6 Å². The normalized spacial score (nSPS) is 19.6. The number of nitro groups is 1. The summed E-state index contributed by atoms with van der Waals surface area (Å²) in [5.74, 6) is -0.235. The second kappa shape index (κ2) is 6.88. The molecule has 3 rings (SSSR count). The quantitative estimate of drug-likeness (QED) is 0.644. The van der Waals surface area contributed by atoms with Crippen molar-refractivity contribution in [2.24, 2.45) is 0 Å². The van der Waals surface area contributed by atoms with Gasteiger partial charge < -0.3 is 10.2 Å². The lowest BCUT2D eigenvalue weighted by Gasteiger charge is -2.29. The zero-order valence-corrected chi connectivity index (χ0v) is 14.6. The molecule has 0 saturated carbocycles. The van der Waals surface area contributed by atoms with Crippen LogP contribution in [0.1, 0.15) is 23.4 Å². The molecule has 0 bridgehead atoms. The molecule has 8 heteroatoms. The van der Waals surface area contributed by atoms with Gasteiger partial charge in [-0.3, -0.25) is 14.9 Å². The average Bonchev–Trinajstić information content (AvgIpc) is 3.01. The maximum atomic E-state index is 12.4. The van der Waals surface area contributed by atoms with Gasteiger partial charge in [0.2, 0.25) is 0 Å². The Labute approximate surface area is 148 Å². The number of carbonyl (C=O) groups excluding carboxylic acids is 1. The molecule has 2 N–H and O–H groups in total. The van der Waals surface area contributed by atoms with Crippen LogP contribution in [-0.4, -0.2) is 23.9 Å². The Hall–Kier alpha value is -1.96. The van der Waals surface area contributed by atoms with Crippen molar-refractivity contribution in [2.75, 3.05) is 18.4 Å². The van der Waals surface area contributed by atoms with E-state index in [0.29, 0.717) is 0 Å². The molecule has 1 aliphatic rings. The number of amides is 1. The molecule has 0 aliphatic carbocycles. The van der Waals surface area contributed by atoms with E-state index in [0.717, 1.165) is 17.9 Å². The molecule has 24 heavy (non-hydrogen) atoms. The van der Waals surface area contributed by atoms with Crippen molar-refractivity contribution in [3.63, 3.8) is 0 Å². The van der Waals surface area contributed by atoms with Gasteiger partial charge in [-0.2, -0.15) is 0 Å². The molecule has 0 saturated heterocycles. The van der Waals surface area contributed by atoms with Gasteiger partial charge in [-0.15, -0.1) is 11.3 Å². The van der Waals surface area contributed by atoms with Crippen molar-refractivity contribution in [3.8, 4) is 0 Å². The number of rotatable bonds is 4. The number of hydrogen-bond donors (Lipinski definition) is 2. The first-order valence-corrected chi connectivity index (χ1v) is 8.86. The first kappa shape index (κ1) is 16.9. The second-order valence-corrected chi connectivity index (χ2v) is 7.26. The molecule has 0 radical (unpaired) electrons. The SMILES string of the molecule is C[C@H]1c2ccsc2CC[NH+]1CC(=O)Nc1ccc(Cl)cc1[N+](=O)[O-]. The van der Waals surface area contributed by atoms with Gasteiger partial charge in [0, 0.05) is 28.0 Å². The highest BCUT2D eigenvalue weighted by molar-refractivity contribution is 7.10. The van der Waals surface area contributed by atoms with Gasteiger partial charge >= 0.3 is 0 Å². The van der Waals surface area contributed by atoms with Gasteiger partial charge in [0.05, 0.1) is 11.5 Å². The highest BCUT2D eigenvalue weighted by Crippen LogP contribution is 2.28. The summed E-state index contributed by atoms with van der Waals surface area (Å²) in [6, 6.07) is 6.59. The first-order chi connectivity index (χ1) is 11.5. The maximum absolute atomic E-state index is 12.4. The summed E-state index contributed by atoms with van der Waals surface area (Å²) in [5.41, 5.74) is 1.28. The van der Waals surface area contributed by atoms with E-state index >= 15 is 0 Å². The zero-order chi connectivity index (χ0) is 17.3. The van der Waals surface area contributed by atoms with E-state index in [1.807, 2.05) is 0 Å². The zero-order valence-electron chi connectivity index (χ0n) is 13.0. The van der Waals surface area contributed by atoms with Crippen LogP contribution in [0.4, 0.5) is 11.4 Å². The summed E-state index contributed by atoms with van der Waals surface area (Å²) in [4.78, 5) is 25.5. The number of thiophene rings is 1. The van der Waals surface area contributed by atoms with Gasteiger partial charge in [-0.05, 0) is 30.5 Å². The Kier molecular flexibility index (Phi) is 4.84. The molecule has 1 unspecified atom stereocenters. The van der Waals surface area contributed by atoms with Gasteiger partial charge in [-0.25, -0.2) is 0 Å². The molecule has 0 spiro atoms. The van der Waals surface area contributed by atoms with Crippen LogP contribution in [0.25, 0.3) is 0 Å². The van der Waals surface area contributed by atoms with Crippen LogP contribution in [0.15, 0.2) is 29.6 Å². The number of fused-ring (bicyclic) bond motifs is 1. The van der Waals surface area contributed by atoms with Crippen molar-refractivity contribution in [3.05, 3.63) is 55.2 Å². The van der Waals surface area contributed by atoms with Crippen LogP contribution < -0.4 is 10.2 Å². The second-order valence-electron chi connectivity index (χ2n) is 5.82. The number of hydrogen-bond acceptors (Lipinski definition) is 4. The molecular formula is C16H17ClN3O3S+. The number of carbonyl (C=O) groups is 1. The predicted molar refractivity (Wildman–Crippen MR) is 93.9 cm³/mol. The molecule has 0 fully saturated rings. The minimum absolute atomic E-state index is 0.176. The van der Waals surface area contributed by atoms with Crippen molar-refractivity contribution >= 4 is 40.2 Å². The molecule has 2 heterocycles. The summed E-state index contributed by atoms with van der Waals surface area (Å²) >= 11 is 7.55. The lowest BCUT2D eigenvalue weighted by atomic mass is 10.0. The minimum atomic E-state index is -0.546. The molecular weight excluding hydrogens is 350 g/mol. The molecule has 126 valence electrons. The standard InChI is InChI=1S/C16H16ClN3O3S/c1-10-12-5-7-24-15(12)4-6-19(10)9-16(21)18-13-3-2-11(17)8-14(13)20(22)23/h2-3,5,7-8,10H,4,6,9H2,1H3,(H,18,21)/p+1/t10-/m0/s1. The van der Waals surface area contributed by atoms with Gasteiger partial charge in [0.1, 0.15) is 11.7 Å². The average molecular weight is 367 g/mol. The van der Waals surface area contributed by atoms with E-state index in [1.165, 1.54) is 28.6 Å². The van der Waals surface area contributed by atoms with Crippen LogP contribution in [0, 0.1) is 10.1 Å². The third-order valence-corrected chi connectivity index (χ3v) is 5.58. The number of nitrogens with one attached hydrogen (secondary N) is 2. The molecule has 1 aliphatic heterocycles. The van der Waals surface area contributed by atoms with Crippen molar-refractivity contribution in [1.29, 1.82) is 0 Å². The van der Waals surface area contributed by atoms with E-state index in [1.54, 1.807) is 11.3 Å². The van der Waals surface area contributed by atoms with Crippen LogP contribution >= 0.6 is 22.9 Å². The first-order valence-electron chi connectivity index (χ1n) is 7.60. The van der Waals surface area contributed by atoms with E-state index in [9.17, 15) is 14.9 Å². The smallest absolute Gasteiger partial charge is 0.294 e. The Morgan fingerprint density at radius 1 is 1.50 bits per heavy atom. The van der Waals surface area contributed by atoms with Crippen LogP contribution in [0.3, 0.4) is 0 Å². The summed E-state index contributed by atoms with van der Waals surface area (Å²) in [5, 5.41) is 16.1. The predicted octanol–water partition coefficient (Wildman–Crippen LogP) is 2.45. The van der Waals surface area contributed by atoms with Gasteiger partial charge in [-0.1, -0.05) is 11.6 Å². The van der Waals surface area contributed by atoms with E-state index in [4.69, 9.17) is 11.6 Å². The topological polar surface area (TPSA) is 76.7 Å². The molecule has 6 nitrogen and oxygen atoms in total. The number of nitrogens with zero attached hydrogens (tertiary/aromatic N) is 1. The minimum Gasteiger partial charge on any atom is -0.321 e. The van der Waals surface area contributed by atoms with E-state index < -0.39 is 4.92 Å². The molecule has 1 aromatic carbocycles. The Morgan fingerprint density at radius 2 is 2.29 bits per heavy atom. The fourth-order valence-corrected chi connectivity index (χ4v) is 4.20. The largest absolute Gasteiger partial charge is 0.321 e. The fraction of sp³-hybridized carbons (Fsp3) is 0.312. The lowest BCUT2D eigenvalue weighted by Crippen LogP contribution is -3.14. The highest BCUT2D eigenvalue weighted by Gasteiger charge is 2.30. The number of quaternary nitrogens is 1. The van der Waals surface area contributed by atoms with Crippen molar-refractivity contribution in [1.82, 2.24) is 0 Å². The molecule has 1 amide bonds.